The average Bonchev–Trinajstić information content (AvgIpc) is 3.15. The number of rotatable bonds is 2. The zero-order chi connectivity index (χ0) is 21.9. The molecule has 5 aromatic rings. The number of thiophene rings is 1. The van der Waals surface area contributed by atoms with E-state index < -0.39 is 0 Å². The van der Waals surface area contributed by atoms with Crippen molar-refractivity contribution < 1.29 is 0 Å². The highest BCUT2D eigenvalue weighted by Crippen LogP contribution is 2.39. The number of halogens is 1. The number of aromatic nitrogens is 3. The first-order chi connectivity index (χ1) is 14.9. The van der Waals surface area contributed by atoms with Crippen molar-refractivity contribution in [1.82, 2.24) is 15.0 Å². The highest BCUT2D eigenvalue weighted by molar-refractivity contribution is 7.26. The summed E-state index contributed by atoms with van der Waals surface area (Å²) in [4.78, 5) is 14.0. The Hall–Kier alpha value is -2.50. The molecular formula is C21H17B5ClN3S. The maximum absolute atomic E-state index is 6.44. The molecule has 10 heteroatoms. The van der Waals surface area contributed by atoms with Gasteiger partial charge in [-0.2, -0.15) is 9.97 Å². The van der Waals surface area contributed by atoms with Crippen molar-refractivity contribution in [3.05, 3.63) is 47.7 Å². The highest BCUT2D eigenvalue weighted by atomic mass is 35.5. The van der Waals surface area contributed by atoms with Crippen molar-refractivity contribution in [2.45, 2.75) is 0 Å². The van der Waals surface area contributed by atoms with Crippen LogP contribution in [0.2, 0.25) is 5.28 Å². The molecule has 0 aliphatic heterocycles. The minimum atomic E-state index is 0.216. The normalized spacial score (nSPS) is 11.4. The van der Waals surface area contributed by atoms with Gasteiger partial charge in [0.15, 0.2) is 11.6 Å². The van der Waals surface area contributed by atoms with Crippen LogP contribution in [0.1, 0.15) is 0 Å². The van der Waals surface area contributed by atoms with Crippen LogP contribution in [0.5, 0.6) is 0 Å². The Bertz CT molecular complexity index is 1490. The molecule has 3 nitrogen and oxygen atoms in total. The van der Waals surface area contributed by atoms with E-state index in [9.17, 15) is 0 Å². The summed E-state index contributed by atoms with van der Waals surface area (Å²) in [7, 11) is 10.7. The third-order valence-electron chi connectivity index (χ3n) is 6.48. The first-order valence-electron chi connectivity index (χ1n) is 10.3. The molecule has 0 radical (unpaired) electrons. The first kappa shape index (κ1) is 20.4. The molecule has 144 valence electrons. The maximum atomic E-state index is 6.44. The molecule has 0 bridgehead atoms. The van der Waals surface area contributed by atoms with Gasteiger partial charge < -0.3 is 0 Å². The molecule has 2 aromatic heterocycles. The van der Waals surface area contributed by atoms with Gasteiger partial charge in [0.25, 0.3) is 0 Å². The molecule has 0 aliphatic rings. The van der Waals surface area contributed by atoms with E-state index in [1.54, 1.807) is 11.3 Å². The summed E-state index contributed by atoms with van der Waals surface area (Å²) < 4.78 is 2.42. The topological polar surface area (TPSA) is 38.7 Å². The fourth-order valence-corrected chi connectivity index (χ4v) is 5.71. The van der Waals surface area contributed by atoms with Gasteiger partial charge in [0.05, 0.1) is 0 Å². The average molecular weight is 433 g/mol. The molecule has 31 heavy (non-hydrogen) atoms. The molecule has 0 saturated heterocycles. The van der Waals surface area contributed by atoms with Gasteiger partial charge >= 0.3 is 0 Å². The Labute approximate surface area is 194 Å². The van der Waals surface area contributed by atoms with Crippen LogP contribution >= 0.6 is 22.9 Å². The number of benzene rings is 3. The van der Waals surface area contributed by atoms with Crippen molar-refractivity contribution in [1.29, 1.82) is 0 Å². The van der Waals surface area contributed by atoms with Crippen LogP contribution in [-0.4, -0.2) is 54.2 Å². The number of hydrogen-bond acceptors (Lipinski definition) is 4. The fourth-order valence-electron chi connectivity index (χ4n) is 4.34. The summed E-state index contributed by atoms with van der Waals surface area (Å²) in [6, 6.07) is 14.7. The second-order valence-electron chi connectivity index (χ2n) is 8.03. The van der Waals surface area contributed by atoms with Gasteiger partial charge in [0.1, 0.15) is 39.2 Å². The van der Waals surface area contributed by atoms with Gasteiger partial charge in [-0.05, 0) is 23.7 Å². The predicted octanol–water partition coefficient (Wildman–Crippen LogP) is -2.48. The fraction of sp³-hybridized carbons (Fsp3) is 0. The van der Waals surface area contributed by atoms with E-state index in [1.165, 1.54) is 47.5 Å². The van der Waals surface area contributed by atoms with Gasteiger partial charge in [-0.25, -0.2) is 4.98 Å². The summed E-state index contributed by atoms with van der Waals surface area (Å²) in [6.07, 6.45) is 0. The lowest BCUT2D eigenvalue weighted by Crippen LogP contribution is -2.55. The summed E-state index contributed by atoms with van der Waals surface area (Å²) in [5.74, 6) is 1.25. The molecule has 0 fully saturated rings. The summed E-state index contributed by atoms with van der Waals surface area (Å²) in [5.41, 5.74) is 8.26. The number of hydrogen-bond donors (Lipinski definition) is 0. The smallest absolute Gasteiger partial charge is 0.208 e. The van der Waals surface area contributed by atoms with Crippen molar-refractivity contribution in [3.8, 4) is 22.8 Å². The van der Waals surface area contributed by atoms with E-state index in [2.05, 4.69) is 91.7 Å². The van der Waals surface area contributed by atoms with Gasteiger partial charge in [-0.3, -0.25) is 0 Å². The van der Waals surface area contributed by atoms with Crippen molar-refractivity contribution in [3.63, 3.8) is 0 Å². The first-order valence-corrected chi connectivity index (χ1v) is 11.5. The van der Waals surface area contributed by atoms with Crippen molar-refractivity contribution in [2.75, 3.05) is 0 Å². The molecular weight excluding hydrogens is 416 g/mol. The molecule has 2 heterocycles. The van der Waals surface area contributed by atoms with E-state index in [4.69, 9.17) is 16.6 Å². The van der Waals surface area contributed by atoms with Gasteiger partial charge in [0, 0.05) is 31.3 Å². The summed E-state index contributed by atoms with van der Waals surface area (Å²) in [5, 5.41) is 2.68. The van der Waals surface area contributed by atoms with Gasteiger partial charge in [-0.1, -0.05) is 41.3 Å². The number of nitrogens with zero attached hydrogens (tertiary/aromatic N) is 3. The minimum Gasteiger partial charge on any atom is -0.208 e. The Balaban J connectivity index is 1.79. The van der Waals surface area contributed by atoms with E-state index in [0.29, 0.717) is 11.6 Å². The van der Waals surface area contributed by atoms with E-state index in [-0.39, 0.29) is 5.28 Å². The van der Waals surface area contributed by atoms with Crippen molar-refractivity contribution in [2.24, 2.45) is 0 Å². The molecule has 5 rings (SSSR count). The minimum absolute atomic E-state index is 0.216. The zero-order valence-electron chi connectivity index (χ0n) is 18.2. The van der Waals surface area contributed by atoms with Crippen LogP contribution in [0.3, 0.4) is 0 Å². The lowest BCUT2D eigenvalue weighted by molar-refractivity contribution is 1.07. The van der Waals surface area contributed by atoms with E-state index in [1.807, 2.05) is 0 Å². The number of fused-ring (bicyclic) bond motifs is 3. The molecule has 0 atom stereocenters. The van der Waals surface area contributed by atoms with Gasteiger partial charge in [-0.15, -0.1) is 27.7 Å². The Kier molecular flexibility index (Phi) is 4.99. The second kappa shape index (κ2) is 7.58. The van der Waals surface area contributed by atoms with Crippen LogP contribution in [0.4, 0.5) is 0 Å². The molecule has 0 amide bonds. The molecule has 0 unspecified atom stereocenters. The van der Waals surface area contributed by atoms with Crippen LogP contribution in [0, 0.1) is 0 Å². The Morgan fingerprint density at radius 2 is 1.26 bits per heavy atom. The maximum Gasteiger partial charge on any atom is 0.226 e. The monoisotopic (exact) mass is 433 g/mol. The molecule has 0 aliphatic carbocycles. The molecule has 3 aromatic carbocycles. The third kappa shape index (κ3) is 3.22. The summed E-state index contributed by atoms with van der Waals surface area (Å²) in [6.45, 7) is 0. The molecule has 0 N–H and O–H groups in total. The Morgan fingerprint density at radius 3 is 2.00 bits per heavy atom. The summed E-state index contributed by atoms with van der Waals surface area (Å²) >= 11 is 8.20. The second-order valence-corrected chi connectivity index (χ2v) is 9.42. The largest absolute Gasteiger partial charge is 0.226 e. The Morgan fingerprint density at radius 1 is 0.645 bits per heavy atom. The predicted molar refractivity (Wildman–Crippen MR) is 149 cm³/mol. The van der Waals surface area contributed by atoms with E-state index in [0.717, 1.165) is 11.1 Å². The van der Waals surface area contributed by atoms with Crippen LogP contribution in [0.15, 0.2) is 42.5 Å². The molecule has 0 saturated carbocycles. The van der Waals surface area contributed by atoms with Gasteiger partial charge in [0.2, 0.25) is 5.28 Å². The lowest BCUT2D eigenvalue weighted by atomic mass is 9.60. The lowest BCUT2D eigenvalue weighted by Gasteiger charge is -2.19. The van der Waals surface area contributed by atoms with E-state index >= 15 is 0 Å². The standard InChI is InChI=1S/C21H17B5ClN3S/c22-13-12(14(23)16(25)17(26)15(13)24)20-28-19(29-21(27)30-20)10-6-3-5-9-8-4-1-2-7-11(8)31-18(9)10/h1-7H,22-26H2. The van der Waals surface area contributed by atoms with Crippen LogP contribution < -0.4 is 27.3 Å². The van der Waals surface area contributed by atoms with Crippen LogP contribution in [0.25, 0.3) is 42.9 Å². The highest BCUT2D eigenvalue weighted by Gasteiger charge is 2.19. The quantitative estimate of drug-likeness (QED) is 0.290. The zero-order valence-corrected chi connectivity index (χ0v) is 19.7. The van der Waals surface area contributed by atoms with Crippen LogP contribution in [-0.2, 0) is 0 Å². The third-order valence-corrected chi connectivity index (χ3v) is 7.87. The van der Waals surface area contributed by atoms with Crippen molar-refractivity contribution >= 4 is 110 Å². The SMILES string of the molecule is Bc1c(B)c(B)c(-c2nc(Cl)nc(-c3cccc4c3sc3ccccc34)n2)c(B)c1B. The molecule has 0 spiro atoms.